The molecule has 1 aliphatic carbocycles. The molecule has 1 aromatic heterocycles. The summed E-state index contributed by atoms with van der Waals surface area (Å²) in [5.41, 5.74) is 0. The van der Waals surface area contributed by atoms with Crippen molar-refractivity contribution in [1.82, 2.24) is 10.0 Å². The Balaban J connectivity index is 1.99. The number of hydrogen-bond acceptors (Lipinski definition) is 5. The lowest BCUT2D eigenvalue weighted by molar-refractivity contribution is 0.552. The van der Waals surface area contributed by atoms with Crippen molar-refractivity contribution in [2.75, 3.05) is 19.3 Å². The fourth-order valence-corrected chi connectivity index (χ4v) is 6.12. The highest BCUT2D eigenvalue weighted by atomic mass is 32.2. The molecule has 120 valence electrons. The molecule has 4 nitrogen and oxygen atoms in total. The predicted molar refractivity (Wildman–Crippen MR) is 91.6 cm³/mol. The zero-order valence-corrected chi connectivity index (χ0v) is 15.1. The average Bonchev–Trinajstić information content (AvgIpc) is 3.13. The van der Waals surface area contributed by atoms with Crippen LogP contribution in [0.4, 0.5) is 0 Å². The number of rotatable bonds is 8. The van der Waals surface area contributed by atoms with E-state index < -0.39 is 10.0 Å². The lowest BCUT2D eigenvalue weighted by Gasteiger charge is -2.26. The van der Waals surface area contributed by atoms with E-state index in [2.05, 4.69) is 16.3 Å². The van der Waals surface area contributed by atoms with Crippen molar-refractivity contribution in [3.8, 4) is 0 Å². The van der Waals surface area contributed by atoms with E-state index in [-0.39, 0.29) is 4.75 Å². The second-order valence-electron chi connectivity index (χ2n) is 5.42. The van der Waals surface area contributed by atoms with Crippen LogP contribution in [-0.4, -0.2) is 32.5 Å². The number of thioether (sulfide) groups is 1. The molecule has 2 N–H and O–H groups in total. The third kappa shape index (κ3) is 4.45. The largest absolute Gasteiger partial charge is 0.312 e. The van der Waals surface area contributed by atoms with E-state index in [1.54, 1.807) is 17.8 Å². The summed E-state index contributed by atoms with van der Waals surface area (Å²) in [4.78, 5) is 1.05. The number of nitrogens with one attached hydrogen (secondary N) is 2. The Bertz CT molecular complexity index is 548. The molecular weight excluding hydrogens is 324 g/mol. The minimum Gasteiger partial charge on any atom is -0.312 e. The van der Waals surface area contributed by atoms with Crippen molar-refractivity contribution >= 4 is 33.1 Å². The molecule has 0 saturated heterocycles. The summed E-state index contributed by atoms with van der Waals surface area (Å²) in [6.07, 6.45) is 6.70. The summed E-state index contributed by atoms with van der Waals surface area (Å²) in [6, 6.07) is 3.60. The molecule has 1 heterocycles. The zero-order valence-electron chi connectivity index (χ0n) is 12.6. The van der Waals surface area contributed by atoms with Crippen LogP contribution in [0.3, 0.4) is 0 Å². The molecular formula is C14H24N2O2S3. The van der Waals surface area contributed by atoms with Gasteiger partial charge in [0.25, 0.3) is 0 Å². The van der Waals surface area contributed by atoms with Gasteiger partial charge >= 0.3 is 0 Å². The van der Waals surface area contributed by atoms with Crippen molar-refractivity contribution in [2.45, 2.75) is 48.1 Å². The van der Waals surface area contributed by atoms with E-state index in [0.29, 0.717) is 10.8 Å². The average molecular weight is 349 g/mol. The van der Waals surface area contributed by atoms with Crippen molar-refractivity contribution < 1.29 is 8.42 Å². The van der Waals surface area contributed by atoms with Gasteiger partial charge in [-0.25, -0.2) is 13.1 Å². The highest BCUT2D eigenvalue weighted by molar-refractivity contribution is 8.00. The van der Waals surface area contributed by atoms with Gasteiger partial charge in [-0.05, 0) is 37.8 Å². The Morgan fingerprint density at radius 3 is 2.67 bits per heavy atom. The standard InChI is InChI=1S/C14H24N2O2S3/c1-3-15-10-12-6-7-13(20-12)21(17,18)16-11-14(19-2)8-4-5-9-14/h6-7,15-16H,3-5,8-11H2,1-2H3. The van der Waals surface area contributed by atoms with E-state index in [9.17, 15) is 8.42 Å². The monoisotopic (exact) mass is 348 g/mol. The number of hydrogen-bond donors (Lipinski definition) is 2. The van der Waals surface area contributed by atoms with Crippen molar-refractivity contribution in [3.05, 3.63) is 17.0 Å². The van der Waals surface area contributed by atoms with Crippen LogP contribution in [0.1, 0.15) is 37.5 Å². The summed E-state index contributed by atoms with van der Waals surface area (Å²) in [5.74, 6) is 0. The topological polar surface area (TPSA) is 58.2 Å². The lowest BCUT2D eigenvalue weighted by Crippen LogP contribution is -2.38. The minimum absolute atomic E-state index is 0.0942. The van der Waals surface area contributed by atoms with Crippen molar-refractivity contribution in [3.63, 3.8) is 0 Å². The fourth-order valence-electron chi connectivity index (χ4n) is 2.62. The SMILES string of the molecule is CCNCc1ccc(S(=O)(=O)NCC2(SC)CCCC2)s1. The van der Waals surface area contributed by atoms with Gasteiger partial charge < -0.3 is 5.32 Å². The normalized spacial score (nSPS) is 18.2. The van der Waals surface area contributed by atoms with Gasteiger partial charge in [0, 0.05) is 22.7 Å². The van der Waals surface area contributed by atoms with Gasteiger partial charge in [0.1, 0.15) is 4.21 Å². The molecule has 1 aromatic rings. The smallest absolute Gasteiger partial charge is 0.250 e. The van der Waals surface area contributed by atoms with Crippen LogP contribution in [0, 0.1) is 0 Å². The van der Waals surface area contributed by atoms with Crippen molar-refractivity contribution in [2.24, 2.45) is 0 Å². The summed E-state index contributed by atoms with van der Waals surface area (Å²) in [7, 11) is -3.37. The Kier molecular flexibility index (Phi) is 6.14. The molecule has 0 unspecified atom stereocenters. The van der Waals surface area contributed by atoms with Gasteiger partial charge in [0.2, 0.25) is 10.0 Å². The maximum atomic E-state index is 12.4. The Labute approximate surface area is 136 Å². The first-order valence-electron chi connectivity index (χ1n) is 7.35. The quantitative estimate of drug-likeness (QED) is 0.758. The first-order valence-corrected chi connectivity index (χ1v) is 10.9. The second kappa shape index (κ2) is 7.46. The summed E-state index contributed by atoms with van der Waals surface area (Å²) in [6.45, 7) is 4.19. The third-order valence-electron chi connectivity index (χ3n) is 3.98. The van der Waals surface area contributed by atoms with E-state index >= 15 is 0 Å². The molecule has 1 fully saturated rings. The summed E-state index contributed by atoms with van der Waals surface area (Å²) >= 11 is 3.15. The highest BCUT2D eigenvalue weighted by Gasteiger charge is 2.34. The maximum Gasteiger partial charge on any atom is 0.250 e. The van der Waals surface area contributed by atoms with Gasteiger partial charge in [-0.3, -0.25) is 0 Å². The second-order valence-corrected chi connectivity index (χ2v) is 9.86. The lowest BCUT2D eigenvalue weighted by atomic mass is 10.1. The van der Waals surface area contributed by atoms with Gasteiger partial charge in [-0.15, -0.1) is 11.3 Å². The fraction of sp³-hybridized carbons (Fsp3) is 0.714. The Hall–Kier alpha value is -0.0800. The molecule has 1 aliphatic rings. The molecule has 2 rings (SSSR count). The van der Waals surface area contributed by atoms with E-state index in [1.807, 2.05) is 13.0 Å². The third-order valence-corrected chi connectivity index (χ3v) is 8.38. The molecule has 0 aliphatic heterocycles. The maximum absolute atomic E-state index is 12.4. The molecule has 21 heavy (non-hydrogen) atoms. The molecule has 0 spiro atoms. The van der Waals surface area contributed by atoms with Gasteiger partial charge in [0.05, 0.1) is 0 Å². The number of sulfonamides is 1. The summed E-state index contributed by atoms with van der Waals surface area (Å²) in [5, 5.41) is 3.21. The Morgan fingerprint density at radius 1 is 1.33 bits per heavy atom. The van der Waals surface area contributed by atoms with Crippen LogP contribution in [0.2, 0.25) is 0 Å². The van der Waals surface area contributed by atoms with Gasteiger partial charge in [-0.2, -0.15) is 11.8 Å². The predicted octanol–water partition coefficient (Wildman–Crippen LogP) is 2.81. The minimum atomic E-state index is -3.37. The molecule has 0 bridgehead atoms. The van der Waals surface area contributed by atoms with Crippen LogP contribution in [-0.2, 0) is 16.6 Å². The summed E-state index contributed by atoms with van der Waals surface area (Å²) < 4.78 is 28.1. The van der Waals surface area contributed by atoms with Crippen LogP contribution < -0.4 is 10.0 Å². The first-order chi connectivity index (χ1) is 10.0. The molecule has 7 heteroatoms. The van der Waals surface area contributed by atoms with E-state index in [1.165, 1.54) is 24.2 Å². The van der Waals surface area contributed by atoms with Crippen LogP contribution in [0.25, 0.3) is 0 Å². The highest BCUT2D eigenvalue weighted by Crippen LogP contribution is 2.39. The van der Waals surface area contributed by atoms with Gasteiger partial charge in [0.15, 0.2) is 0 Å². The van der Waals surface area contributed by atoms with Crippen LogP contribution >= 0.6 is 23.1 Å². The molecule has 0 aromatic carbocycles. The van der Waals surface area contributed by atoms with E-state index in [4.69, 9.17) is 0 Å². The molecule has 0 atom stereocenters. The molecule has 1 saturated carbocycles. The van der Waals surface area contributed by atoms with Crippen LogP contribution in [0.5, 0.6) is 0 Å². The van der Waals surface area contributed by atoms with Gasteiger partial charge in [-0.1, -0.05) is 19.8 Å². The zero-order chi connectivity index (χ0) is 15.3. The van der Waals surface area contributed by atoms with E-state index in [0.717, 1.165) is 30.8 Å². The van der Waals surface area contributed by atoms with Crippen molar-refractivity contribution in [1.29, 1.82) is 0 Å². The first kappa shape index (κ1) is 17.3. The Morgan fingerprint density at radius 2 is 2.05 bits per heavy atom. The van der Waals surface area contributed by atoms with Crippen LogP contribution in [0.15, 0.2) is 16.3 Å². The molecule has 0 amide bonds. The number of thiophene rings is 1. The molecule has 0 radical (unpaired) electrons.